The lowest BCUT2D eigenvalue weighted by Crippen LogP contribution is -2.34. The molecule has 0 spiro atoms. The Morgan fingerprint density at radius 2 is 2.00 bits per heavy atom. The predicted molar refractivity (Wildman–Crippen MR) is 85.3 cm³/mol. The molecule has 116 valence electrons. The van der Waals surface area contributed by atoms with Crippen LogP contribution in [0, 0.1) is 0 Å². The van der Waals surface area contributed by atoms with Crippen molar-refractivity contribution in [2.45, 2.75) is 12.6 Å². The Hall–Kier alpha value is -2.04. The van der Waals surface area contributed by atoms with Crippen LogP contribution in [0.5, 0.6) is 11.5 Å². The SMILES string of the molecule is COc1ccc([C@H]2COCCN2)cc1OCc1ccccc1. The molecular weight excluding hydrogens is 278 g/mol. The number of methoxy groups -OCH3 is 1. The third-order valence-electron chi connectivity index (χ3n) is 3.75. The Labute approximate surface area is 131 Å². The molecule has 0 aromatic heterocycles. The van der Waals surface area contributed by atoms with Crippen LogP contribution >= 0.6 is 0 Å². The Morgan fingerprint density at radius 1 is 1.14 bits per heavy atom. The monoisotopic (exact) mass is 299 g/mol. The summed E-state index contributed by atoms with van der Waals surface area (Å²) in [5, 5.41) is 3.45. The molecule has 1 heterocycles. The van der Waals surface area contributed by atoms with E-state index < -0.39 is 0 Å². The molecule has 1 aliphatic rings. The van der Waals surface area contributed by atoms with Crippen LogP contribution in [0.15, 0.2) is 48.5 Å². The van der Waals surface area contributed by atoms with Gasteiger partial charge in [-0.3, -0.25) is 0 Å². The largest absolute Gasteiger partial charge is 0.493 e. The van der Waals surface area contributed by atoms with Crippen molar-refractivity contribution in [2.75, 3.05) is 26.9 Å². The molecule has 0 amide bonds. The summed E-state index contributed by atoms with van der Waals surface area (Å²) in [6.07, 6.45) is 0. The number of rotatable bonds is 5. The molecule has 3 rings (SSSR count). The van der Waals surface area contributed by atoms with E-state index in [2.05, 4.69) is 11.4 Å². The van der Waals surface area contributed by atoms with Crippen molar-refractivity contribution in [3.8, 4) is 11.5 Å². The van der Waals surface area contributed by atoms with Gasteiger partial charge in [0.1, 0.15) is 6.61 Å². The highest BCUT2D eigenvalue weighted by atomic mass is 16.5. The van der Waals surface area contributed by atoms with Crippen molar-refractivity contribution in [1.29, 1.82) is 0 Å². The second kappa shape index (κ2) is 7.29. The summed E-state index contributed by atoms with van der Waals surface area (Å²) >= 11 is 0. The molecule has 0 saturated carbocycles. The fourth-order valence-electron chi connectivity index (χ4n) is 2.54. The van der Waals surface area contributed by atoms with Crippen LogP contribution < -0.4 is 14.8 Å². The second-order valence-electron chi connectivity index (χ2n) is 5.27. The highest BCUT2D eigenvalue weighted by Gasteiger charge is 2.17. The summed E-state index contributed by atoms with van der Waals surface area (Å²) in [5.41, 5.74) is 2.29. The molecule has 2 aromatic carbocycles. The van der Waals surface area contributed by atoms with Gasteiger partial charge in [-0.1, -0.05) is 36.4 Å². The van der Waals surface area contributed by atoms with Crippen molar-refractivity contribution >= 4 is 0 Å². The Morgan fingerprint density at radius 3 is 2.73 bits per heavy atom. The molecule has 1 fully saturated rings. The van der Waals surface area contributed by atoms with E-state index in [1.54, 1.807) is 7.11 Å². The molecule has 0 aliphatic carbocycles. The first-order chi connectivity index (χ1) is 10.9. The van der Waals surface area contributed by atoms with Gasteiger partial charge >= 0.3 is 0 Å². The lowest BCUT2D eigenvalue weighted by molar-refractivity contribution is 0.0767. The van der Waals surface area contributed by atoms with E-state index in [0.717, 1.165) is 35.8 Å². The van der Waals surface area contributed by atoms with Crippen LogP contribution in [-0.4, -0.2) is 26.9 Å². The van der Waals surface area contributed by atoms with Gasteiger partial charge in [-0.05, 0) is 23.3 Å². The zero-order valence-corrected chi connectivity index (χ0v) is 12.7. The molecule has 1 N–H and O–H groups in total. The van der Waals surface area contributed by atoms with Gasteiger partial charge in [0, 0.05) is 6.54 Å². The third kappa shape index (κ3) is 3.59. The number of hydrogen-bond acceptors (Lipinski definition) is 4. The zero-order valence-electron chi connectivity index (χ0n) is 12.7. The van der Waals surface area contributed by atoms with Gasteiger partial charge in [-0.15, -0.1) is 0 Å². The van der Waals surface area contributed by atoms with E-state index in [4.69, 9.17) is 14.2 Å². The summed E-state index contributed by atoms with van der Waals surface area (Å²) in [5.74, 6) is 1.51. The molecule has 22 heavy (non-hydrogen) atoms. The summed E-state index contributed by atoms with van der Waals surface area (Å²) < 4.78 is 16.9. The lowest BCUT2D eigenvalue weighted by Gasteiger charge is -2.25. The Balaban J connectivity index is 1.75. The molecule has 1 atom stereocenters. The molecule has 1 aliphatic heterocycles. The van der Waals surface area contributed by atoms with Crippen molar-refractivity contribution in [3.05, 3.63) is 59.7 Å². The van der Waals surface area contributed by atoms with Crippen molar-refractivity contribution < 1.29 is 14.2 Å². The van der Waals surface area contributed by atoms with E-state index in [-0.39, 0.29) is 6.04 Å². The molecule has 1 saturated heterocycles. The van der Waals surface area contributed by atoms with E-state index in [9.17, 15) is 0 Å². The molecule has 0 bridgehead atoms. The van der Waals surface area contributed by atoms with Gasteiger partial charge in [-0.25, -0.2) is 0 Å². The number of hydrogen-bond donors (Lipinski definition) is 1. The first-order valence-corrected chi connectivity index (χ1v) is 7.52. The lowest BCUT2D eigenvalue weighted by atomic mass is 10.1. The average Bonchev–Trinajstić information content (AvgIpc) is 2.61. The first-order valence-electron chi connectivity index (χ1n) is 7.52. The minimum atomic E-state index is 0.207. The number of ether oxygens (including phenoxy) is 3. The minimum absolute atomic E-state index is 0.207. The molecule has 2 aromatic rings. The minimum Gasteiger partial charge on any atom is -0.493 e. The Kier molecular flexibility index (Phi) is 4.93. The van der Waals surface area contributed by atoms with Crippen LogP contribution in [-0.2, 0) is 11.3 Å². The van der Waals surface area contributed by atoms with E-state index in [0.29, 0.717) is 13.2 Å². The van der Waals surface area contributed by atoms with Gasteiger partial charge in [0.05, 0.1) is 26.4 Å². The van der Waals surface area contributed by atoms with Crippen molar-refractivity contribution in [3.63, 3.8) is 0 Å². The normalized spacial score (nSPS) is 18.0. The van der Waals surface area contributed by atoms with Gasteiger partial charge in [-0.2, -0.15) is 0 Å². The van der Waals surface area contributed by atoms with Crippen molar-refractivity contribution in [1.82, 2.24) is 5.32 Å². The zero-order chi connectivity index (χ0) is 15.2. The molecule has 0 unspecified atom stereocenters. The van der Waals surface area contributed by atoms with Gasteiger partial charge < -0.3 is 19.5 Å². The maximum atomic E-state index is 5.95. The van der Waals surface area contributed by atoms with Gasteiger partial charge in [0.2, 0.25) is 0 Å². The quantitative estimate of drug-likeness (QED) is 0.921. The maximum Gasteiger partial charge on any atom is 0.161 e. The fourth-order valence-corrected chi connectivity index (χ4v) is 2.54. The molecule has 4 nitrogen and oxygen atoms in total. The molecular formula is C18H21NO3. The summed E-state index contributed by atoms with van der Waals surface area (Å²) in [7, 11) is 1.66. The molecule has 0 radical (unpaired) electrons. The van der Waals surface area contributed by atoms with E-state index in [1.807, 2.05) is 42.5 Å². The fraction of sp³-hybridized carbons (Fsp3) is 0.333. The van der Waals surface area contributed by atoms with Crippen LogP contribution in [0.2, 0.25) is 0 Å². The second-order valence-corrected chi connectivity index (χ2v) is 5.27. The van der Waals surface area contributed by atoms with Gasteiger partial charge in [0.25, 0.3) is 0 Å². The highest BCUT2D eigenvalue weighted by Crippen LogP contribution is 2.31. The third-order valence-corrected chi connectivity index (χ3v) is 3.75. The summed E-state index contributed by atoms with van der Waals surface area (Å²) in [4.78, 5) is 0. The van der Waals surface area contributed by atoms with Crippen LogP contribution in [0.4, 0.5) is 0 Å². The average molecular weight is 299 g/mol. The number of benzene rings is 2. The van der Waals surface area contributed by atoms with Gasteiger partial charge in [0.15, 0.2) is 11.5 Å². The number of morpholine rings is 1. The predicted octanol–water partition coefficient (Wildman–Crippen LogP) is 2.94. The first kappa shape index (κ1) is 14.9. The smallest absolute Gasteiger partial charge is 0.161 e. The van der Waals surface area contributed by atoms with Crippen molar-refractivity contribution in [2.24, 2.45) is 0 Å². The van der Waals surface area contributed by atoms with Crippen LogP contribution in [0.1, 0.15) is 17.2 Å². The van der Waals surface area contributed by atoms with E-state index >= 15 is 0 Å². The Bertz CT molecular complexity index is 595. The summed E-state index contributed by atoms with van der Waals surface area (Å²) in [6.45, 7) is 2.85. The highest BCUT2D eigenvalue weighted by molar-refractivity contribution is 5.44. The molecule has 4 heteroatoms. The summed E-state index contributed by atoms with van der Waals surface area (Å²) in [6, 6.07) is 16.4. The standard InChI is InChI=1S/C18H21NO3/c1-20-17-8-7-15(16-13-21-10-9-19-16)11-18(17)22-12-14-5-3-2-4-6-14/h2-8,11,16,19H,9-10,12-13H2,1H3/t16-/m1/s1. The number of nitrogens with one attached hydrogen (secondary N) is 1. The van der Waals surface area contributed by atoms with Crippen LogP contribution in [0.25, 0.3) is 0 Å². The topological polar surface area (TPSA) is 39.7 Å². The maximum absolute atomic E-state index is 5.95. The van der Waals surface area contributed by atoms with E-state index in [1.165, 1.54) is 0 Å². The van der Waals surface area contributed by atoms with Crippen LogP contribution in [0.3, 0.4) is 0 Å².